The van der Waals surface area contributed by atoms with Gasteiger partial charge < -0.3 is 20.5 Å². The molecule has 0 atom stereocenters. The number of aromatic nitrogens is 2. The number of aromatic hydroxyl groups is 1. The maximum atomic E-state index is 9.26. The van der Waals surface area contributed by atoms with E-state index in [9.17, 15) is 5.11 Å². The van der Waals surface area contributed by atoms with E-state index >= 15 is 0 Å². The molecule has 0 saturated carbocycles. The van der Waals surface area contributed by atoms with E-state index in [4.69, 9.17) is 15.4 Å². The highest BCUT2D eigenvalue weighted by Crippen LogP contribution is 2.26. The van der Waals surface area contributed by atoms with Gasteiger partial charge in [-0.15, -0.1) is 0 Å². The van der Waals surface area contributed by atoms with Gasteiger partial charge in [-0.3, -0.25) is 0 Å². The zero-order chi connectivity index (χ0) is 11.5. The molecule has 0 aliphatic heterocycles. The summed E-state index contributed by atoms with van der Waals surface area (Å²) < 4.78 is 4.99. The van der Waals surface area contributed by atoms with Crippen molar-refractivity contribution in [3.63, 3.8) is 0 Å². The third-order valence-electron chi connectivity index (χ3n) is 2.08. The highest BCUT2D eigenvalue weighted by molar-refractivity contribution is 5.64. The summed E-state index contributed by atoms with van der Waals surface area (Å²) in [5.41, 5.74) is 6.42. The lowest BCUT2D eigenvalue weighted by molar-refractivity contribution is 0.293. The van der Waals surface area contributed by atoms with Crippen molar-refractivity contribution in [1.82, 2.24) is 10.1 Å². The molecule has 84 valence electrons. The van der Waals surface area contributed by atoms with Crippen LogP contribution in [0.1, 0.15) is 5.82 Å². The summed E-state index contributed by atoms with van der Waals surface area (Å²) in [5.74, 6) is 0.762. The number of nitrogens with zero attached hydrogens (tertiary/aromatic N) is 2. The maximum Gasteiger partial charge on any atom is 0.258 e. The Morgan fingerprint density at radius 3 is 2.88 bits per heavy atom. The molecule has 0 spiro atoms. The highest BCUT2D eigenvalue weighted by Gasteiger charge is 2.09. The molecule has 2 rings (SSSR count). The zero-order valence-corrected chi connectivity index (χ0v) is 8.42. The van der Waals surface area contributed by atoms with E-state index in [0.29, 0.717) is 23.7 Å². The maximum absolute atomic E-state index is 9.26. The molecule has 4 N–H and O–H groups in total. The minimum Gasteiger partial charge on any atom is -0.506 e. The van der Waals surface area contributed by atoms with Gasteiger partial charge in [0.15, 0.2) is 5.82 Å². The average Bonchev–Trinajstić information content (AvgIpc) is 2.71. The van der Waals surface area contributed by atoms with Crippen molar-refractivity contribution in [3.05, 3.63) is 24.0 Å². The second-order valence-electron chi connectivity index (χ2n) is 3.26. The first-order valence-electron chi connectivity index (χ1n) is 4.73. The lowest BCUT2D eigenvalue weighted by Crippen LogP contribution is -1.92. The Morgan fingerprint density at radius 2 is 2.19 bits per heavy atom. The SMILES string of the molecule is Nc1cc(-c2nc(CCO)no2)ccc1O. The number of benzene rings is 1. The van der Waals surface area contributed by atoms with Gasteiger partial charge in [-0.05, 0) is 18.2 Å². The molecule has 1 aromatic carbocycles. The largest absolute Gasteiger partial charge is 0.506 e. The van der Waals surface area contributed by atoms with E-state index in [1.807, 2.05) is 0 Å². The summed E-state index contributed by atoms with van der Waals surface area (Å²) in [7, 11) is 0. The summed E-state index contributed by atoms with van der Waals surface area (Å²) >= 11 is 0. The zero-order valence-electron chi connectivity index (χ0n) is 8.42. The number of rotatable bonds is 3. The fraction of sp³-hybridized carbons (Fsp3) is 0.200. The van der Waals surface area contributed by atoms with Crippen LogP contribution < -0.4 is 5.73 Å². The van der Waals surface area contributed by atoms with E-state index in [1.165, 1.54) is 6.07 Å². The van der Waals surface area contributed by atoms with Crippen molar-refractivity contribution in [2.75, 3.05) is 12.3 Å². The van der Waals surface area contributed by atoms with Gasteiger partial charge in [0.1, 0.15) is 5.75 Å². The molecule has 0 amide bonds. The number of aliphatic hydroxyl groups excluding tert-OH is 1. The number of phenols is 1. The van der Waals surface area contributed by atoms with Crippen molar-refractivity contribution in [2.24, 2.45) is 0 Å². The van der Waals surface area contributed by atoms with Crippen molar-refractivity contribution in [3.8, 4) is 17.2 Å². The molecule has 0 aliphatic carbocycles. The van der Waals surface area contributed by atoms with Crippen LogP contribution >= 0.6 is 0 Å². The molecule has 0 unspecified atom stereocenters. The number of hydrogen-bond acceptors (Lipinski definition) is 6. The summed E-state index contributed by atoms with van der Waals surface area (Å²) in [4.78, 5) is 4.07. The Hall–Kier alpha value is -2.08. The molecule has 0 saturated heterocycles. The summed E-state index contributed by atoms with van der Waals surface area (Å²) in [5, 5.41) is 21.6. The minimum absolute atomic E-state index is 0.0128. The lowest BCUT2D eigenvalue weighted by Gasteiger charge is -1.99. The lowest BCUT2D eigenvalue weighted by atomic mass is 10.2. The molecule has 6 heteroatoms. The standard InChI is InChI=1S/C10H11N3O3/c11-7-5-6(1-2-8(7)15)10-12-9(3-4-14)13-16-10/h1-2,5,14-15H,3-4,11H2. The van der Waals surface area contributed by atoms with Gasteiger partial charge in [0.25, 0.3) is 5.89 Å². The van der Waals surface area contributed by atoms with Gasteiger partial charge in [-0.1, -0.05) is 5.16 Å². The molecule has 16 heavy (non-hydrogen) atoms. The normalized spacial score (nSPS) is 10.6. The number of phenolic OH excluding ortho intramolecular Hbond substituents is 1. The monoisotopic (exact) mass is 221 g/mol. The Morgan fingerprint density at radius 1 is 1.38 bits per heavy atom. The Labute approximate surface area is 91.3 Å². The summed E-state index contributed by atoms with van der Waals surface area (Å²) in [6.07, 6.45) is 0.344. The number of aliphatic hydroxyl groups is 1. The molecule has 0 aliphatic rings. The molecular formula is C10H11N3O3. The van der Waals surface area contributed by atoms with Gasteiger partial charge in [-0.2, -0.15) is 4.98 Å². The first kappa shape index (κ1) is 10.4. The van der Waals surface area contributed by atoms with Crippen LogP contribution in [-0.4, -0.2) is 27.0 Å². The van der Waals surface area contributed by atoms with Crippen LogP contribution in [0.15, 0.2) is 22.7 Å². The minimum atomic E-state index is -0.0311. The van der Waals surface area contributed by atoms with Crippen LogP contribution in [0.4, 0.5) is 5.69 Å². The molecule has 2 aromatic rings. The summed E-state index contributed by atoms with van der Waals surface area (Å²) in [6, 6.07) is 4.63. The van der Waals surface area contributed by atoms with Gasteiger partial charge in [-0.25, -0.2) is 0 Å². The Bertz CT molecular complexity index is 496. The van der Waals surface area contributed by atoms with E-state index in [1.54, 1.807) is 12.1 Å². The van der Waals surface area contributed by atoms with Crippen LogP contribution in [0.2, 0.25) is 0 Å². The fourth-order valence-corrected chi connectivity index (χ4v) is 1.26. The second kappa shape index (κ2) is 4.19. The molecule has 6 nitrogen and oxygen atoms in total. The van der Waals surface area contributed by atoms with Gasteiger partial charge in [0, 0.05) is 12.0 Å². The number of nitrogen functional groups attached to an aromatic ring is 1. The molecule has 0 radical (unpaired) electrons. The topological polar surface area (TPSA) is 105 Å². The van der Waals surface area contributed by atoms with E-state index in [0.717, 1.165) is 0 Å². The van der Waals surface area contributed by atoms with Crippen molar-refractivity contribution < 1.29 is 14.7 Å². The van der Waals surface area contributed by atoms with Crippen LogP contribution in [0.25, 0.3) is 11.5 Å². The first-order chi connectivity index (χ1) is 7.70. The molecule has 1 heterocycles. The molecule has 0 fully saturated rings. The number of anilines is 1. The van der Waals surface area contributed by atoms with Crippen LogP contribution in [0.3, 0.4) is 0 Å². The highest BCUT2D eigenvalue weighted by atomic mass is 16.5. The van der Waals surface area contributed by atoms with Crippen molar-refractivity contribution >= 4 is 5.69 Å². The predicted octanol–water partition coefficient (Wildman–Crippen LogP) is 0.559. The first-order valence-corrected chi connectivity index (χ1v) is 4.73. The number of hydrogen-bond donors (Lipinski definition) is 3. The smallest absolute Gasteiger partial charge is 0.258 e. The third-order valence-corrected chi connectivity index (χ3v) is 2.08. The third kappa shape index (κ3) is 1.96. The van der Waals surface area contributed by atoms with Gasteiger partial charge in [0.2, 0.25) is 0 Å². The van der Waals surface area contributed by atoms with Crippen LogP contribution in [-0.2, 0) is 6.42 Å². The second-order valence-corrected chi connectivity index (χ2v) is 3.26. The van der Waals surface area contributed by atoms with Gasteiger partial charge >= 0.3 is 0 Å². The fourth-order valence-electron chi connectivity index (χ4n) is 1.26. The van der Waals surface area contributed by atoms with E-state index < -0.39 is 0 Å². The van der Waals surface area contributed by atoms with E-state index in [2.05, 4.69) is 10.1 Å². The molecule has 0 bridgehead atoms. The van der Waals surface area contributed by atoms with E-state index in [-0.39, 0.29) is 18.0 Å². The summed E-state index contributed by atoms with van der Waals surface area (Å²) in [6.45, 7) is -0.0311. The quantitative estimate of drug-likeness (QED) is 0.516. The van der Waals surface area contributed by atoms with Crippen molar-refractivity contribution in [2.45, 2.75) is 6.42 Å². The average molecular weight is 221 g/mol. The molecule has 1 aromatic heterocycles. The Balaban J connectivity index is 2.31. The van der Waals surface area contributed by atoms with Gasteiger partial charge in [0.05, 0.1) is 12.3 Å². The molecular weight excluding hydrogens is 210 g/mol. The number of nitrogens with two attached hydrogens (primary N) is 1. The van der Waals surface area contributed by atoms with Crippen LogP contribution in [0.5, 0.6) is 5.75 Å². The Kier molecular flexibility index (Phi) is 2.74. The van der Waals surface area contributed by atoms with Crippen molar-refractivity contribution in [1.29, 1.82) is 0 Å². The predicted molar refractivity (Wildman–Crippen MR) is 56.6 cm³/mol. The van der Waals surface area contributed by atoms with Crippen LogP contribution in [0, 0.1) is 0 Å².